The number of benzene rings is 1. The van der Waals surface area contributed by atoms with E-state index in [4.69, 9.17) is 24.7 Å². The van der Waals surface area contributed by atoms with Gasteiger partial charge in [0.1, 0.15) is 5.60 Å². The molecule has 10 heteroatoms. The Bertz CT molecular complexity index is 1310. The fourth-order valence-corrected chi connectivity index (χ4v) is 5.12. The second-order valence-electron chi connectivity index (χ2n) is 12.1. The van der Waals surface area contributed by atoms with Crippen molar-refractivity contribution in [1.82, 2.24) is 24.8 Å². The van der Waals surface area contributed by atoms with Crippen LogP contribution in [0.25, 0.3) is 11.2 Å². The molecular weight excluding hydrogens is 504 g/mol. The maximum absolute atomic E-state index is 12.6. The van der Waals surface area contributed by atoms with Crippen LogP contribution in [-0.2, 0) is 17.7 Å². The van der Waals surface area contributed by atoms with E-state index in [9.17, 15) is 4.79 Å². The zero-order valence-electron chi connectivity index (χ0n) is 24.5. The number of carbonyl (C=O) groups is 1. The predicted molar refractivity (Wildman–Crippen MR) is 159 cm³/mol. The zero-order chi connectivity index (χ0) is 28.3. The highest BCUT2D eigenvalue weighted by Gasteiger charge is 2.29. The molecule has 214 valence electrons. The lowest BCUT2D eigenvalue weighted by Crippen LogP contribution is -2.50. The van der Waals surface area contributed by atoms with Crippen molar-refractivity contribution < 1.29 is 9.53 Å². The summed E-state index contributed by atoms with van der Waals surface area (Å²) in [4.78, 5) is 39.0. The van der Waals surface area contributed by atoms with Gasteiger partial charge in [-0.3, -0.25) is 0 Å². The van der Waals surface area contributed by atoms with Crippen molar-refractivity contribution in [2.45, 2.75) is 66.0 Å². The Morgan fingerprint density at radius 1 is 0.925 bits per heavy atom. The molecule has 2 fully saturated rings. The Hall–Kier alpha value is -3.69. The molecule has 0 saturated carbocycles. The molecule has 5 rings (SSSR count). The van der Waals surface area contributed by atoms with Gasteiger partial charge in [0.05, 0.1) is 5.69 Å². The molecule has 2 aliphatic heterocycles. The summed E-state index contributed by atoms with van der Waals surface area (Å²) in [6.45, 7) is 15.0. The monoisotopic (exact) mass is 546 g/mol. The molecule has 1 N–H and O–H groups in total. The van der Waals surface area contributed by atoms with Gasteiger partial charge >= 0.3 is 6.09 Å². The van der Waals surface area contributed by atoms with E-state index in [0.29, 0.717) is 50.2 Å². The number of nitrogens with one attached hydrogen (secondary N) is 1. The molecule has 1 aromatic carbocycles. The predicted octanol–water partition coefficient (Wildman–Crippen LogP) is 4.89. The molecule has 0 spiro atoms. The topological polar surface area (TPSA) is 99.6 Å². The van der Waals surface area contributed by atoms with Crippen LogP contribution in [0.5, 0.6) is 0 Å². The van der Waals surface area contributed by atoms with Gasteiger partial charge in [0.2, 0.25) is 5.95 Å². The van der Waals surface area contributed by atoms with E-state index in [-0.39, 0.29) is 6.09 Å². The molecular formula is C30H42N8O2. The van der Waals surface area contributed by atoms with Gasteiger partial charge in [-0.15, -0.1) is 0 Å². The molecule has 0 radical (unpaired) electrons. The Kier molecular flexibility index (Phi) is 8.23. The van der Waals surface area contributed by atoms with Crippen molar-refractivity contribution in [2.24, 2.45) is 5.92 Å². The Morgan fingerprint density at radius 3 is 2.27 bits per heavy atom. The molecule has 1 amide bonds. The van der Waals surface area contributed by atoms with E-state index in [1.165, 1.54) is 5.56 Å². The molecule has 2 saturated heterocycles. The van der Waals surface area contributed by atoms with Gasteiger partial charge in [-0.05, 0) is 51.5 Å². The number of hydrogen-bond donors (Lipinski definition) is 1. The number of piperazine rings is 1. The minimum atomic E-state index is -0.514. The summed E-state index contributed by atoms with van der Waals surface area (Å²) < 4.78 is 5.57. The fraction of sp³-hybridized carbons (Fsp3) is 0.567. The van der Waals surface area contributed by atoms with Crippen LogP contribution < -0.4 is 15.1 Å². The first-order chi connectivity index (χ1) is 19.2. The normalized spacial score (nSPS) is 16.2. The molecule has 0 aliphatic carbocycles. The third-order valence-corrected chi connectivity index (χ3v) is 7.10. The van der Waals surface area contributed by atoms with Gasteiger partial charge in [-0.25, -0.2) is 14.8 Å². The minimum absolute atomic E-state index is 0.276. The Morgan fingerprint density at radius 2 is 1.62 bits per heavy atom. The van der Waals surface area contributed by atoms with E-state index < -0.39 is 5.60 Å². The van der Waals surface area contributed by atoms with Crippen molar-refractivity contribution in [3.05, 3.63) is 41.6 Å². The first-order valence-electron chi connectivity index (χ1n) is 14.5. The van der Waals surface area contributed by atoms with E-state index >= 15 is 0 Å². The van der Waals surface area contributed by atoms with Crippen LogP contribution in [-0.4, -0.2) is 75.8 Å². The standard InChI is InChI=1S/C30H42N8O2/c1-21(2)19-23-25(31-20-22-11-7-6-8-12-22)33-26-24(32-23)27(36-13-9-10-14-36)35-28(34-26)37-15-17-38(18-16-37)29(39)40-30(3,4)5/h6-8,11-12,21H,9-10,13-20H2,1-5H3,(H,31,33,34,35). The summed E-state index contributed by atoms with van der Waals surface area (Å²) in [5.74, 6) is 2.70. The quantitative estimate of drug-likeness (QED) is 0.444. The van der Waals surface area contributed by atoms with Crippen molar-refractivity contribution in [2.75, 3.05) is 54.4 Å². The Labute approximate surface area is 237 Å². The van der Waals surface area contributed by atoms with Gasteiger partial charge in [0.15, 0.2) is 22.8 Å². The highest BCUT2D eigenvalue weighted by molar-refractivity contribution is 5.86. The zero-order valence-corrected chi connectivity index (χ0v) is 24.5. The van der Waals surface area contributed by atoms with Crippen LogP contribution in [0.15, 0.2) is 30.3 Å². The largest absolute Gasteiger partial charge is 0.444 e. The van der Waals surface area contributed by atoms with Crippen LogP contribution >= 0.6 is 0 Å². The summed E-state index contributed by atoms with van der Waals surface area (Å²) in [7, 11) is 0. The number of ether oxygens (including phenoxy) is 1. The van der Waals surface area contributed by atoms with Crippen LogP contribution in [0, 0.1) is 5.92 Å². The number of fused-ring (bicyclic) bond motifs is 1. The third kappa shape index (κ3) is 6.71. The minimum Gasteiger partial charge on any atom is -0.444 e. The van der Waals surface area contributed by atoms with E-state index in [1.54, 1.807) is 4.90 Å². The molecule has 0 unspecified atom stereocenters. The molecule has 4 heterocycles. The van der Waals surface area contributed by atoms with Crippen LogP contribution in [0.2, 0.25) is 0 Å². The molecule has 0 bridgehead atoms. The van der Waals surface area contributed by atoms with Crippen LogP contribution in [0.4, 0.5) is 22.4 Å². The van der Waals surface area contributed by atoms with Crippen molar-refractivity contribution in [3.63, 3.8) is 0 Å². The number of amides is 1. The lowest BCUT2D eigenvalue weighted by molar-refractivity contribution is 0.0240. The summed E-state index contributed by atoms with van der Waals surface area (Å²) in [6, 6.07) is 10.3. The number of rotatable bonds is 7. The number of aromatic nitrogens is 4. The number of carbonyl (C=O) groups excluding carboxylic acids is 1. The number of nitrogens with zero attached hydrogens (tertiary/aromatic N) is 7. The smallest absolute Gasteiger partial charge is 0.410 e. The molecule has 2 aliphatic rings. The van der Waals surface area contributed by atoms with Gasteiger partial charge < -0.3 is 24.8 Å². The summed E-state index contributed by atoms with van der Waals surface area (Å²) in [6.07, 6.45) is 2.81. The van der Waals surface area contributed by atoms with Crippen LogP contribution in [0.1, 0.15) is 58.7 Å². The molecule has 0 atom stereocenters. The average Bonchev–Trinajstić information content (AvgIpc) is 3.46. The lowest BCUT2D eigenvalue weighted by Gasteiger charge is -2.35. The maximum Gasteiger partial charge on any atom is 0.410 e. The lowest BCUT2D eigenvalue weighted by atomic mass is 10.1. The van der Waals surface area contributed by atoms with Gasteiger partial charge in [-0.1, -0.05) is 44.2 Å². The third-order valence-electron chi connectivity index (χ3n) is 7.10. The summed E-state index contributed by atoms with van der Waals surface area (Å²) in [5.41, 5.74) is 2.98. The van der Waals surface area contributed by atoms with E-state index in [2.05, 4.69) is 41.1 Å². The van der Waals surface area contributed by atoms with Gasteiger partial charge in [-0.2, -0.15) is 9.97 Å². The van der Waals surface area contributed by atoms with Crippen molar-refractivity contribution in [3.8, 4) is 0 Å². The van der Waals surface area contributed by atoms with Crippen LogP contribution in [0.3, 0.4) is 0 Å². The van der Waals surface area contributed by atoms with Gasteiger partial charge in [0.25, 0.3) is 0 Å². The summed E-state index contributed by atoms with van der Waals surface area (Å²) >= 11 is 0. The maximum atomic E-state index is 12.6. The SMILES string of the molecule is CC(C)Cc1nc2c(N3CCCC3)nc(N3CCN(C(=O)OC(C)(C)C)CC3)nc2nc1NCc1ccccc1. The van der Waals surface area contributed by atoms with Crippen molar-refractivity contribution in [1.29, 1.82) is 0 Å². The highest BCUT2D eigenvalue weighted by Crippen LogP contribution is 2.30. The molecule has 10 nitrogen and oxygen atoms in total. The second-order valence-corrected chi connectivity index (χ2v) is 12.1. The molecule has 2 aromatic heterocycles. The summed E-state index contributed by atoms with van der Waals surface area (Å²) in [5, 5.41) is 3.53. The number of hydrogen-bond acceptors (Lipinski definition) is 9. The highest BCUT2D eigenvalue weighted by atomic mass is 16.6. The van der Waals surface area contributed by atoms with E-state index in [0.717, 1.165) is 55.2 Å². The van der Waals surface area contributed by atoms with Crippen molar-refractivity contribution >= 4 is 34.8 Å². The van der Waals surface area contributed by atoms with Gasteiger partial charge in [0, 0.05) is 45.8 Å². The molecule has 3 aromatic rings. The fourth-order valence-electron chi connectivity index (χ4n) is 5.12. The first-order valence-corrected chi connectivity index (χ1v) is 14.5. The van der Waals surface area contributed by atoms with E-state index in [1.807, 2.05) is 39.0 Å². The number of anilines is 3. The Balaban J connectivity index is 1.46. The second kappa shape index (κ2) is 11.8. The first kappa shape index (κ1) is 27.9. The average molecular weight is 547 g/mol. The molecule has 40 heavy (non-hydrogen) atoms.